The highest BCUT2D eigenvalue weighted by Gasteiger charge is 2.31. The number of carbonyl (C=O) groups excluding carboxylic acids is 2. The van der Waals surface area contributed by atoms with Gasteiger partial charge < -0.3 is 10.2 Å². The second-order valence-corrected chi connectivity index (χ2v) is 9.80. The van der Waals surface area contributed by atoms with Crippen LogP contribution in [0.5, 0.6) is 0 Å². The summed E-state index contributed by atoms with van der Waals surface area (Å²) in [6.45, 7) is 6.57. The third-order valence-corrected chi connectivity index (χ3v) is 7.43. The normalized spacial score (nSPS) is 15.2. The van der Waals surface area contributed by atoms with Gasteiger partial charge in [-0.15, -0.1) is 0 Å². The Hall–Kier alpha value is -2.72. The number of hydrogen-bond donors (Lipinski definition) is 1. The van der Waals surface area contributed by atoms with Crippen LogP contribution in [0.25, 0.3) is 0 Å². The lowest BCUT2D eigenvalue weighted by Gasteiger charge is -2.34. The molecule has 3 rings (SSSR count). The molecule has 1 aromatic heterocycles. The van der Waals surface area contributed by atoms with Crippen LogP contribution in [0.1, 0.15) is 29.7 Å². The van der Waals surface area contributed by atoms with Crippen molar-refractivity contribution >= 4 is 27.7 Å². The summed E-state index contributed by atoms with van der Waals surface area (Å²) in [6, 6.07) is 7.14. The van der Waals surface area contributed by atoms with Crippen molar-refractivity contribution in [1.82, 2.24) is 19.0 Å². The summed E-state index contributed by atoms with van der Waals surface area (Å²) in [4.78, 5) is 26.6. The number of piperazine rings is 1. The van der Waals surface area contributed by atoms with Crippen LogP contribution in [0.4, 0.5) is 5.82 Å². The zero-order valence-electron chi connectivity index (χ0n) is 18.4. The Labute approximate surface area is 183 Å². The third kappa shape index (κ3) is 5.31. The maximum atomic E-state index is 13.0. The summed E-state index contributed by atoms with van der Waals surface area (Å²) < 4.78 is 29.0. The van der Waals surface area contributed by atoms with E-state index in [0.717, 1.165) is 11.3 Å². The number of aromatic nitrogens is 2. The highest BCUT2D eigenvalue weighted by molar-refractivity contribution is 7.89. The first-order chi connectivity index (χ1) is 14.6. The summed E-state index contributed by atoms with van der Waals surface area (Å²) in [5.41, 5.74) is 2.39. The number of benzene rings is 1. The molecule has 2 amide bonds. The number of carbonyl (C=O) groups is 2. The zero-order valence-corrected chi connectivity index (χ0v) is 19.2. The number of sulfonamides is 1. The smallest absolute Gasteiger partial charge is 0.243 e. The molecule has 1 aliphatic rings. The fourth-order valence-corrected chi connectivity index (χ4v) is 5.35. The van der Waals surface area contributed by atoms with E-state index in [1.807, 2.05) is 19.9 Å². The molecule has 1 fully saturated rings. The molecule has 2 aromatic rings. The quantitative estimate of drug-likeness (QED) is 0.724. The standard InChI is InChI=1S/C21H29N5O4S/c1-15-5-6-16(2)18(13-15)31(29,30)26-11-9-25(10-12-26)21(28)8-7-20(27)22-19-14-17(3)23-24(19)4/h5-6,13-14H,7-12H2,1-4H3,(H,22,27). The number of anilines is 1. The summed E-state index contributed by atoms with van der Waals surface area (Å²) in [7, 11) is -1.87. The lowest BCUT2D eigenvalue weighted by atomic mass is 10.2. The Morgan fingerprint density at radius 2 is 1.71 bits per heavy atom. The van der Waals surface area contributed by atoms with Crippen LogP contribution in [-0.2, 0) is 26.7 Å². The summed E-state index contributed by atoms with van der Waals surface area (Å²) in [5, 5.41) is 6.91. The minimum Gasteiger partial charge on any atom is -0.340 e. The Bertz CT molecular complexity index is 1090. The van der Waals surface area contributed by atoms with Gasteiger partial charge in [0.15, 0.2) is 0 Å². The molecule has 0 atom stereocenters. The lowest BCUT2D eigenvalue weighted by Crippen LogP contribution is -2.50. The minimum absolute atomic E-state index is 0.0596. The van der Waals surface area contributed by atoms with Gasteiger partial charge in [0.1, 0.15) is 5.82 Å². The van der Waals surface area contributed by atoms with Crippen LogP contribution in [0.2, 0.25) is 0 Å². The van der Waals surface area contributed by atoms with E-state index in [2.05, 4.69) is 10.4 Å². The van der Waals surface area contributed by atoms with E-state index in [0.29, 0.717) is 29.4 Å². The number of aryl methyl sites for hydroxylation is 4. The van der Waals surface area contributed by atoms with E-state index in [1.54, 1.807) is 41.8 Å². The van der Waals surface area contributed by atoms with Crippen molar-refractivity contribution in [3.05, 3.63) is 41.1 Å². The van der Waals surface area contributed by atoms with Gasteiger partial charge in [-0.25, -0.2) is 8.42 Å². The van der Waals surface area contributed by atoms with E-state index in [-0.39, 0.29) is 37.7 Å². The minimum atomic E-state index is -3.60. The number of nitrogens with zero attached hydrogens (tertiary/aromatic N) is 4. The Kier molecular flexibility index (Phi) is 6.80. The molecule has 0 saturated carbocycles. The van der Waals surface area contributed by atoms with Crippen LogP contribution in [-0.4, -0.2) is 65.4 Å². The molecule has 168 valence electrons. The van der Waals surface area contributed by atoms with Crippen molar-refractivity contribution in [3.63, 3.8) is 0 Å². The molecule has 0 bridgehead atoms. The fraction of sp³-hybridized carbons (Fsp3) is 0.476. The SMILES string of the molecule is Cc1ccc(C)c(S(=O)(=O)N2CCN(C(=O)CCC(=O)Nc3cc(C)nn3C)CC2)c1. The highest BCUT2D eigenvalue weighted by atomic mass is 32.2. The average molecular weight is 448 g/mol. The molecule has 1 N–H and O–H groups in total. The number of nitrogens with one attached hydrogen (secondary N) is 1. The molecule has 0 unspecified atom stereocenters. The molecule has 2 heterocycles. The van der Waals surface area contributed by atoms with Crippen molar-refractivity contribution < 1.29 is 18.0 Å². The average Bonchev–Trinajstić information content (AvgIpc) is 3.04. The van der Waals surface area contributed by atoms with Gasteiger partial charge in [0.25, 0.3) is 0 Å². The maximum Gasteiger partial charge on any atom is 0.243 e. The van der Waals surface area contributed by atoms with E-state index in [4.69, 9.17) is 0 Å². The van der Waals surface area contributed by atoms with Crippen LogP contribution >= 0.6 is 0 Å². The number of hydrogen-bond acceptors (Lipinski definition) is 5. The van der Waals surface area contributed by atoms with Crippen molar-refractivity contribution in [3.8, 4) is 0 Å². The highest BCUT2D eigenvalue weighted by Crippen LogP contribution is 2.22. The number of amides is 2. The Balaban J connectivity index is 1.52. The van der Waals surface area contributed by atoms with Gasteiger partial charge in [-0.2, -0.15) is 9.40 Å². The fourth-order valence-electron chi connectivity index (χ4n) is 3.61. The molecule has 1 aromatic carbocycles. The van der Waals surface area contributed by atoms with Gasteiger partial charge in [-0.05, 0) is 38.0 Å². The molecular weight excluding hydrogens is 418 g/mol. The Morgan fingerprint density at radius 1 is 1.03 bits per heavy atom. The van der Waals surface area contributed by atoms with Crippen LogP contribution < -0.4 is 5.32 Å². The first-order valence-corrected chi connectivity index (χ1v) is 11.7. The summed E-state index contributed by atoms with van der Waals surface area (Å²) in [6.07, 6.45) is 0.135. The molecule has 1 saturated heterocycles. The molecule has 9 nitrogen and oxygen atoms in total. The van der Waals surface area contributed by atoms with Crippen LogP contribution in [0, 0.1) is 20.8 Å². The van der Waals surface area contributed by atoms with Gasteiger partial charge in [-0.3, -0.25) is 14.3 Å². The second kappa shape index (κ2) is 9.19. The zero-order chi connectivity index (χ0) is 22.8. The van der Waals surface area contributed by atoms with Gasteiger partial charge in [-0.1, -0.05) is 12.1 Å². The predicted octanol–water partition coefficient (Wildman–Crippen LogP) is 1.60. The molecule has 0 radical (unpaired) electrons. The third-order valence-electron chi connectivity index (χ3n) is 5.39. The molecule has 0 spiro atoms. The van der Waals surface area contributed by atoms with Gasteiger partial charge >= 0.3 is 0 Å². The number of rotatable bonds is 6. The van der Waals surface area contributed by atoms with E-state index in [9.17, 15) is 18.0 Å². The van der Waals surface area contributed by atoms with E-state index in [1.165, 1.54) is 4.31 Å². The van der Waals surface area contributed by atoms with Gasteiger partial charge in [0.05, 0.1) is 10.6 Å². The summed E-state index contributed by atoms with van der Waals surface area (Å²) >= 11 is 0. The monoisotopic (exact) mass is 447 g/mol. The summed E-state index contributed by atoms with van der Waals surface area (Å²) in [5.74, 6) is 0.174. The van der Waals surface area contributed by atoms with Crippen LogP contribution in [0.15, 0.2) is 29.2 Å². The van der Waals surface area contributed by atoms with Gasteiger partial charge in [0.2, 0.25) is 21.8 Å². The molecule has 1 aliphatic heterocycles. The van der Waals surface area contributed by atoms with Crippen molar-refractivity contribution in [2.24, 2.45) is 7.05 Å². The largest absolute Gasteiger partial charge is 0.340 e. The van der Waals surface area contributed by atoms with Crippen molar-refractivity contribution in [2.45, 2.75) is 38.5 Å². The second-order valence-electron chi connectivity index (χ2n) is 7.90. The van der Waals surface area contributed by atoms with Crippen LogP contribution in [0.3, 0.4) is 0 Å². The maximum absolute atomic E-state index is 13.0. The molecular formula is C21H29N5O4S. The first-order valence-electron chi connectivity index (χ1n) is 10.2. The topological polar surface area (TPSA) is 105 Å². The van der Waals surface area contributed by atoms with E-state index >= 15 is 0 Å². The first kappa shape index (κ1) is 23.0. The lowest BCUT2D eigenvalue weighted by molar-refractivity contribution is -0.133. The van der Waals surface area contributed by atoms with Crippen molar-refractivity contribution in [1.29, 1.82) is 0 Å². The van der Waals surface area contributed by atoms with Gasteiger partial charge in [0, 0.05) is 52.1 Å². The van der Waals surface area contributed by atoms with E-state index < -0.39 is 10.0 Å². The molecule has 10 heteroatoms. The predicted molar refractivity (Wildman–Crippen MR) is 117 cm³/mol. The molecule has 0 aliphatic carbocycles. The molecule has 31 heavy (non-hydrogen) atoms. The van der Waals surface area contributed by atoms with Crippen molar-refractivity contribution in [2.75, 3.05) is 31.5 Å². The Morgan fingerprint density at radius 3 is 2.32 bits per heavy atom.